The van der Waals surface area contributed by atoms with Gasteiger partial charge in [0.15, 0.2) is 0 Å². The first kappa shape index (κ1) is 13.1. The van der Waals surface area contributed by atoms with Gasteiger partial charge in [0.2, 0.25) is 0 Å². The third-order valence-electron chi connectivity index (χ3n) is 3.53. The fourth-order valence-electron chi connectivity index (χ4n) is 2.46. The summed E-state index contributed by atoms with van der Waals surface area (Å²) in [5.41, 5.74) is 3.60. The molecule has 1 aliphatic rings. The van der Waals surface area contributed by atoms with E-state index in [-0.39, 0.29) is 6.04 Å². The Morgan fingerprint density at radius 3 is 2.28 bits per heavy atom. The largest absolute Gasteiger partial charge is 0.480 e. The average Bonchev–Trinajstić information content (AvgIpc) is 3.07. The predicted molar refractivity (Wildman–Crippen MR) is 71.6 cm³/mol. The van der Waals surface area contributed by atoms with Crippen molar-refractivity contribution in [3.05, 3.63) is 34.9 Å². The van der Waals surface area contributed by atoms with E-state index in [1.54, 1.807) is 0 Å². The van der Waals surface area contributed by atoms with Crippen LogP contribution in [0, 0.1) is 19.8 Å². The molecule has 1 fully saturated rings. The van der Waals surface area contributed by atoms with Crippen LogP contribution < -0.4 is 5.32 Å². The van der Waals surface area contributed by atoms with Gasteiger partial charge < -0.3 is 5.11 Å². The smallest absolute Gasteiger partial charge is 0.320 e. The van der Waals surface area contributed by atoms with Crippen LogP contribution in [0.4, 0.5) is 0 Å². The van der Waals surface area contributed by atoms with Crippen LogP contribution in [0.1, 0.15) is 42.5 Å². The van der Waals surface area contributed by atoms with Crippen LogP contribution in [-0.2, 0) is 4.79 Å². The number of carbonyl (C=O) groups is 1. The minimum absolute atomic E-state index is 0.0744. The van der Waals surface area contributed by atoms with Crippen molar-refractivity contribution < 1.29 is 9.90 Å². The highest BCUT2D eigenvalue weighted by atomic mass is 16.4. The molecule has 2 unspecified atom stereocenters. The molecule has 0 bridgehead atoms. The lowest BCUT2D eigenvalue weighted by Crippen LogP contribution is -2.40. The Morgan fingerprint density at radius 1 is 1.28 bits per heavy atom. The molecule has 0 saturated heterocycles. The number of aliphatic carboxylic acids is 1. The molecule has 0 aromatic heterocycles. The summed E-state index contributed by atoms with van der Waals surface area (Å²) in [6, 6.07) is 6.05. The summed E-state index contributed by atoms with van der Waals surface area (Å²) in [6.07, 6.45) is 2.06. The summed E-state index contributed by atoms with van der Waals surface area (Å²) in [7, 11) is 0. The molecule has 2 rings (SSSR count). The molecule has 3 nitrogen and oxygen atoms in total. The zero-order chi connectivity index (χ0) is 13.3. The third-order valence-corrected chi connectivity index (χ3v) is 3.53. The highest BCUT2D eigenvalue weighted by molar-refractivity contribution is 5.74. The summed E-state index contributed by atoms with van der Waals surface area (Å²) >= 11 is 0. The highest BCUT2D eigenvalue weighted by Gasteiger charge is 2.36. The summed E-state index contributed by atoms with van der Waals surface area (Å²) in [6.45, 7) is 6.17. The molecule has 0 radical (unpaired) electrons. The molecule has 2 atom stereocenters. The number of hydrogen-bond acceptors (Lipinski definition) is 2. The number of carboxylic acids is 1. The lowest BCUT2D eigenvalue weighted by Gasteiger charge is -2.21. The maximum Gasteiger partial charge on any atom is 0.320 e. The van der Waals surface area contributed by atoms with Gasteiger partial charge in [0, 0.05) is 6.04 Å². The summed E-state index contributed by atoms with van der Waals surface area (Å²) < 4.78 is 0. The molecule has 2 N–H and O–H groups in total. The Morgan fingerprint density at radius 2 is 1.83 bits per heavy atom. The van der Waals surface area contributed by atoms with Gasteiger partial charge in [0.1, 0.15) is 6.04 Å². The molecule has 0 spiro atoms. The van der Waals surface area contributed by atoms with Gasteiger partial charge >= 0.3 is 5.97 Å². The molecule has 1 aromatic carbocycles. The topological polar surface area (TPSA) is 49.3 Å². The van der Waals surface area contributed by atoms with E-state index in [1.165, 1.54) is 16.7 Å². The van der Waals surface area contributed by atoms with E-state index in [2.05, 4.69) is 37.4 Å². The molecule has 1 aromatic rings. The first-order valence-electron chi connectivity index (χ1n) is 6.54. The monoisotopic (exact) mass is 247 g/mol. The van der Waals surface area contributed by atoms with Gasteiger partial charge in [0.05, 0.1) is 0 Å². The molecular weight excluding hydrogens is 226 g/mol. The number of carboxylic acid groups (broad SMARTS) is 1. The molecule has 0 amide bonds. The summed E-state index contributed by atoms with van der Waals surface area (Å²) in [4.78, 5) is 11.2. The number of benzene rings is 1. The molecule has 1 saturated carbocycles. The predicted octanol–water partition coefficient (Wildman–Crippen LogP) is 2.82. The average molecular weight is 247 g/mol. The minimum Gasteiger partial charge on any atom is -0.480 e. The van der Waals surface area contributed by atoms with Crippen LogP contribution in [0.3, 0.4) is 0 Å². The van der Waals surface area contributed by atoms with Crippen LogP contribution in [0.25, 0.3) is 0 Å². The lowest BCUT2D eigenvalue weighted by atomic mass is 10.0. The minimum atomic E-state index is -0.728. The quantitative estimate of drug-likeness (QED) is 0.841. The van der Waals surface area contributed by atoms with E-state index < -0.39 is 12.0 Å². The Balaban J connectivity index is 2.10. The highest BCUT2D eigenvalue weighted by Crippen LogP contribution is 2.34. The number of hydrogen-bond donors (Lipinski definition) is 2. The fraction of sp³-hybridized carbons (Fsp3) is 0.533. The Labute approximate surface area is 108 Å². The van der Waals surface area contributed by atoms with Crippen molar-refractivity contribution in [1.29, 1.82) is 0 Å². The lowest BCUT2D eigenvalue weighted by molar-refractivity contribution is -0.140. The van der Waals surface area contributed by atoms with Crippen LogP contribution >= 0.6 is 0 Å². The van der Waals surface area contributed by atoms with Crippen molar-refractivity contribution in [1.82, 2.24) is 5.32 Å². The van der Waals surface area contributed by atoms with Gasteiger partial charge in [-0.3, -0.25) is 10.1 Å². The molecular formula is C15H21NO2. The first-order chi connectivity index (χ1) is 8.47. The normalized spacial score (nSPS) is 18.4. The van der Waals surface area contributed by atoms with E-state index in [1.807, 2.05) is 6.92 Å². The van der Waals surface area contributed by atoms with Crippen molar-refractivity contribution >= 4 is 5.97 Å². The fourth-order valence-corrected chi connectivity index (χ4v) is 2.46. The summed E-state index contributed by atoms with van der Waals surface area (Å²) in [5.74, 6) is -0.412. The molecule has 3 heteroatoms. The second kappa shape index (κ2) is 5.11. The van der Waals surface area contributed by atoms with Gasteiger partial charge in [0.25, 0.3) is 0 Å². The zero-order valence-corrected chi connectivity index (χ0v) is 11.2. The molecule has 98 valence electrons. The molecule has 0 heterocycles. The van der Waals surface area contributed by atoms with Gasteiger partial charge in [-0.1, -0.05) is 29.3 Å². The molecule has 1 aliphatic carbocycles. The summed E-state index contributed by atoms with van der Waals surface area (Å²) in [5, 5.41) is 12.5. The third kappa shape index (κ3) is 3.10. The first-order valence-corrected chi connectivity index (χ1v) is 6.54. The van der Waals surface area contributed by atoms with Crippen molar-refractivity contribution in [3.8, 4) is 0 Å². The zero-order valence-electron chi connectivity index (χ0n) is 11.2. The van der Waals surface area contributed by atoms with E-state index >= 15 is 0 Å². The Kier molecular flexibility index (Phi) is 3.71. The number of rotatable bonds is 5. The van der Waals surface area contributed by atoms with Crippen LogP contribution in [0.15, 0.2) is 18.2 Å². The van der Waals surface area contributed by atoms with Crippen LogP contribution in [0.5, 0.6) is 0 Å². The van der Waals surface area contributed by atoms with E-state index in [0.717, 1.165) is 12.8 Å². The second-order valence-electron chi connectivity index (χ2n) is 5.46. The number of nitrogens with one attached hydrogen (secondary N) is 1. The maximum absolute atomic E-state index is 11.2. The van der Waals surface area contributed by atoms with E-state index in [4.69, 9.17) is 0 Å². The molecule has 0 aliphatic heterocycles. The van der Waals surface area contributed by atoms with Gasteiger partial charge in [-0.25, -0.2) is 0 Å². The Bertz CT molecular complexity index is 432. The van der Waals surface area contributed by atoms with Crippen molar-refractivity contribution in [3.63, 3.8) is 0 Å². The van der Waals surface area contributed by atoms with Crippen molar-refractivity contribution in [2.45, 2.75) is 45.7 Å². The SMILES string of the molecule is Cc1cc(C)cc(C(C)NC(C(=O)O)C2CC2)c1. The van der Waals surface area contributed by atoms with E-state index in [9.17, 15) is 9.90 Å². The maximum atomic E-state index is 11.2. The van der Waals surface area contributed by atoms with Gasteiger partial charge in [-0.15, -0.1) is 0 Å². The van der Waals surface area contributed by atoms with Crippen LogP contribution in [0.2, 0.25) is 0 Å². The van der Waals surface area contributed by atoms with Gasteiger partial charge in [-0.2, -0.15) is 0 Å². The van der Waals surface area contributed by atoms with Crippen molar-refractivity contribution in [2.75, 3.05) is 0 Å². The van der Waals surface area contributed by atoms with Crippen LogP contribution in [-0.4, -0.2) is 17.1 Å². The second-order valence-corrected chi connectivity index (χ2v) is 5.46. The standard InChI is InChI=1S/C15H21NO2/c1-9-6-10(2)8-13(7-9)11(3)16-14(15(17)18)12-4-5-12/h6-8,11-12,14,16H,4-5H2,1-3H3,(H,17,18). The van der Waals surface area contributed by atoms with Crippen molar-refractivity contribution in [2.24, 2.45) is 5.92 Å². The Hall–Kier alpha value is -1.35. The molecule has 18 heavy (non-hydrogen) atoms. The number of aryl methyl sites for hydroxylation is 2. The van der Waals surface area contributed by atoms with Gasteiger partial charge in [-0.05, 0) is 45.1 Å². The van der Waals surface area contributed by atoms with E-state index in [0.29, 0.717) is 5.92 Å².